The number of aromatic nitrogens is 1. The summed E-state index contributed by atoms with van der Waals surface area (Å²) in [5.41, 5.74) is 6.27. The first-order valence-electron chi connectivity index (χ1n) is 10.7. The molecule has 186 valence electrons. The lowest BCUT2D eigenvalue weighted by atomic mass is 10.0. The van der Waals surface area contributed by atoms with E-state index in [1.807, 2.05) is 0 Å². The number of nitrogens with zero attached hydrogens (tertiary/aromatic N) is 3. The highest BCUT2D eigenvalue weighted by molar-refractivity contribution is 8.00. The zero-order valence-corrected chi connectivity index (χ0v) is 20.4. The van der Waals surface area contributed by atoms with Gasteiger partial charge in [0, 0.05) is 11.1 Å². The number of ether oxygens (including phenoxy) is 2. The molecule has 14 heteroatoms. The molecule has 2 atom stereocenters. The fraction of sp³-hybridized carbons (Fsp3) is 0.429. The number of amides is 2. The Labute approximate surface area is 208 Å². The number of anilines is 1. The zero-order chi connectivity index (χ0) is 25.1. The number of fused-ring (bicyclic) bond motifs is 1. The molecule has 0 aromatic carbocycles. The molecule has 1 saturated heterocycles. The number of oxime groups is 1. The molecule has 1 aliphatic carbocycles. The van der Waals surface area contributed by atoms with E-state index in [0.717, 1.165) is 24.2 Å². The normalized spacial score (nSPS) is 21.6. The van der Waals surface area contributed by atoms with Gasteiger partial charge in [-0.15, -0.1) is 23.1 Å². The molecule has 0 spiro atoms. The first kappa shape index (κ1) is 24.7. The highest BCUT2D eigenvalue weighted by atomic mass is 32.2. The molecule has 1 unspecified atom stereocenters. The van der Waals surface area contributed by atoms with Gasteiger partial charge in [0.2, 0.25) is 6.79 Å². The fourth-order valence-electron chi connectivity index (χ4n) is 3.37. The summed E-state index contributed by atoms with van der Waals surface area (Å²) in [7, 11) is 0. The topological polar surface area (TPSA) is 163 Å². The molecule has 2 amide bonds. The Hall–Kier alpha value is -3.39. The van der Waals surface area contributed by atoms with Crippen molar-refractivity contribution in [1.82, 2.24) is 15.2 Å². The summed E-state index contributed by atoms with van der Waals surface area (Å²) in [6.45, 7) is 5.09. The number of allylic oxidation sites excluding steroid dienone is 1. The van der Waals surface area contributed by atoms with Crippen LogP contribution in [0.5, 0.6) is 0 Å². The number of nitrogen functional groups attached to an aromatic ring is 1. The molecule has 35 heavy (non-hydrogen) atoms. The van der Waals surface area contributed by atoms with Crippen LogP contribution in [0.3, 0.4) is 0 Å². The van der Waals surface area contributed by atoms with Crippen LogP contribution in [0.1, 0.15) is 25.5 Å². The van der Waals surface area contributed by atoms with Crippen molar-refractivity contribution in [3.05, 3.63) is 35.0 Å². The Morgan fingerprint density at radius 2 is 2.14 bits per heavy atom. The first-order chi connectivity index (χ1) is 16.8. The molecule has 3 aliphatic rings. The lowest BCUT2D eigenvalue weighted by Crippen LogP contribution is -2.71. The van der Waals surface area contributed by atoms with E-state index < -0.39 is 42.0 Å². The smallest absolute Gasteiger partial charge is 0.358 e. The second-order valence-corrected chi connectivity index (χ2v) is 9.65. The van der Waals surface area contributed by atoms with Crippen LogP contribution < -0.4 is 11.1 Å². The minimum Gasteiger partial charge on any atom is -0.428 e. The molecular weight excluding hydrogens is 498 g/mol. The third-order valence-corrected chi connectivity index (χ3v) is 7.27. The third-order valence-electron chi connectivity index (χ3n) is 5.29. The van der Waals surface area contributed by atoms with Gasteiger partial charge in [-0.25, -0.2) is 9.78 Å². The number of hydrogen-bond donors (Lipinski definition) is 2. The van der Waals surface area contributed by atoms with Crippen molar-refractivity contribution in [2.75, 3.05) is 24.9 Å². The molecule has 0 radical (unpaired) electrons. The van der Waals surface area contributed by atoms with E-state index in [1.165, 1.54) is 22.7 Å². The Balaban J connectivity index is 1.44. The van der Waals surface area contributed by atoms with Crippen LogP contribution in [0, 0.1) is 5.92 Å². The number of nitrogens with two attached hydrogens (primary N) is 1. The van der Waals surface area contributed by atoms with Gasteiger partial charge in [-0.05, 0) is 25.3 Å². The number of carbonyl (C=O) groups is 4. The van der Waals surface area contributed by atoms with Crippen LogP contribution in [0.4, 0.5) is 5.13 Å². The summed E-state index contributed by atoms with van der Waals surface area (Å²) < 4.78 is 10.0. The minimum absolute atomic E-state index is 0.0113. The fourth-order valence-corrected chi connectivity index (χ4v) is 5.26. The number of thioether (sulfide) groups is 1. The van der Waals surface area contributed by atoms with E-state index in [0.29, 0.717) is 11.3 Å². The maximum Gasteiger partial charge on any atom is 0.358 e. The molecule has 4 rings (SSSR count). The first-order valence-corrected chi connectivity index (χ1v) is 12.6. The van der Waals surface area contributed by atoms with Crippen LogP contribution >= 0.6 is 23.1 Å². The molecule has 3 N–H and O–H groups in total. The number of β-lactam (4-membered cyclic amide) rings is 1. The highest BCUT2D eigenvalue weighted by Crippen LogP contribution is 2.41. The lowest BCUT2D eigenvalue weighted by molar-refractivity contribution is -0.168. The average Bonchev–Trinajstić information content (AvgIpc) is 3.62. The second kappa shape index (κ2) is 10.5. The van der Waals surface area contributed by atoms with E-state index in [2.05, 4.69) is 22.0 Å². The van der Waals surface area contributed by atoms with E-state index in [-0.39, 0.29) is 34.8 Å². The van der Waals surface area contributed by atoms with Gasteiger partial charge in [-0.2, -0.15) is 0 Å². The quantitative estimate of drug-likeness (QED) is 0.148. The third kappa shape index (κ3) is 5.17. The summed E-state index contributed by atoms with van der Waals surface area (Å²) >= 11 is 2.49. The molecule has 1 aromatic rings. The molecule has 2 aliphatic heterocycles. The zero-order valence-electron chi connectivity index (χ0n) is 18.7. The van der Waals surface area contributed by atoms with Gasteiger partial charge in [-0.3, -0.25) is 19.3 Å². The van der Waals surface area contributed by atoms with Crippen molar-refractivity contribution in [1.29, 1.82) is 0 Å². The Kier molecular flexibility index (Phi) is 7.40. The summed E-state index contributed by atoms with van der Waals surface area (Å²) in [6.07, 6.45) is 2.99. The van der Waals surface area contributed by atoms with E-state index in [4.69, 9.17) is 20.0 Å². The van der Waals surface area contributed by atoms with Crippen molar-refractivity contribution in [3.8, 4) is 0 Å². The number of esters is 2. The highest BCUT2D eigenvalue weighted by Gasteiger charge is 2.54. The molecule has 0 bridgehead atoms. The number of rotatable bonds is 10. The molecule has 12 nitrogen and oxygen atoms in total. The van der Waals surface area contributed by atoms with Crippen LogP contribution in [-0.2, 0) is 33.5 Å². The van der Waals surface area contributed by atoms with Gasteiger partial charge in [0.05, 0.1) is 5.92 Å². The predicted octanol–water partition coefficient (Wildman–Crippen LogP) is 0.760. The molecule has 1 saturated carbocycles. The van der Waals surface area contributed by atoms with Crippen LogP contribution in [0.25, 0.3) is 0 Å². The number of nitrogens with one attached hydrogen (secondary N) is 1. The van der Waals surface area contributed by atoms with Gasteiger partial charge < -0.3 is 25.4 Å². The number of hydrogen-bond acceptors (Lipinski definition) is 12. The van der Waals surface area contributed by atoms with Gasteiger partial charge >= 0.3 is 11.9 Å². The van der Waals surface area contributed by atoms with Gasteiger partial charge in [0.15, 0.2) is 10.8 Å². The minimum atomic E-state index is -0.919. The van der Waals surface area contributed by atoms with Crippen molar-refractivity contribution < 1.29 is 33.5 Å². The molecule has 1 aromatic heterocycles. The standard InChI is InChI=1S/C21H23N5O7S2/c1-3-10-7-34-18-14(24-16(27)13(25-33-4-2)12-8-35-21(22)23-12)17(28)26(18)15(10)20(30)32-9-31-19(29)11-5-6-11/h3,8,11,14,18H,1,4-7,9H2,2H3,(H2,22,23)(H,24,27)/t14?,18-/m1/s1. The van der Waals surface area contributed by atoms with Gasteiger partial charge in [0.25, 0.3) is 11.8 Å². The maximum absolute atomic E-state index is 13.0. The summed E-state index contributed by atoms with van der Waals surface area (Å²) in [4.78, 5) is 60.7. The van der Waals surface area contributed by atoms with E-state index in [1.54, 1.807) is 12.3 Å². The number of thiazole rings is 1. The SMILES string of the molecule is C=CC1=C(C(=O)OCOC(=O)C2CC2)N2C(=O)C(NC(=O)C(=NOCC)c3csc(N)n3)[C@H]2SC1. The van der Waals surface area contributed by atoms with E-state index in [9.17, 15) is 19.2 Å². The molecular formula is C21H23N5O7S2. The summed E-state index contributed by atoms with van der Waals surface area (Å²) in [6, 6.07) is -0.919. The lowest BCUT2D eigenvalue weighted by Gasteiger charge is -2.49. The summed E-state index contributed by atoms with van der Waals surface area (Å²) in [5.74, 6) is -2.18. The van der Waals surface area contributed by atoms with E-state index >= 15 is 0 Å². The Morgan fingerprint density at radius 3 is 2.77 bits per heavy atom. The van der Waals surface area contributed by atoms with Crippen LogP contribution in [0.15, 0.2) is 34.5 Å². The molecule has 2 fully saturated rings. The Bertz CT molecular complexity index is 1130. The molecule has 3 heterocycles. The van der Waals surface area contributed by atoms with Crippen molar-refractivity contribution >= 4 is 57.7 Å². The van der Waals surface area contributed by atoms with Gasteiger partial charge in [-0.1, -0.05) is 17.8 Å². The number of carbonyl (C=O) groups excluding carboxylic acids is 4. The van der Waals surface area contributed by atoms with Crippen molar-refractivity contribution in [3.63, 3.8) is 0 Å². The largest absolute Gasteiger partial charge is 0.428 e. The monoisotopic (exact) mass is 521 g/mol. The van der Waals surface area contributed by atoms with Crippen molar-refractivity contribution in [2.24, 2.45) is 11.1 Å². The van der Waals surface area contributed by atoms with Gasteiger partial charge in [0.1, 0.15) is 29.4 Å². The van der Waals surface area contributed by atoms with Crippen molar-refractivity contribution in [2.45, 2.75) is 31.2 Å². The summed E-state index contributed by atoms with van der Waals surface area (Å²) in [5, 5.41) is 7.72. The second-order valence-electron chi connectivity index (χ2n) is 7.65. The predicted molar refractivity (Wildman–Crippen MR) is 127 cm³/mol. The average molecular weight is 522 g/mol. The maximum atomic E-state index is 13.0. The Morgan fingerprint density at radius 1 is 1.37 bits per heavy atom. The van der Waals surface area contributed by atoms with Crippen LogP contribution in [-0.4, -0.2) is 69.9 Å². The van der Waals surface area contributed by atoms with Crippen LogP contribution in [0.2, 0.25) is 0 Å².